The Balaban J connectivity index is 1.53. The van der Waals surface area contributed by atoms with Gasteiger partial charge in [-0.25, -0.2) is 0 Å². The Bertz CT molecular complexity index is 1230. The summed E-state index contributed by atoms with van der Waals surface area (Å²) >= 11 is 0. The summed E-state index contributed by atoms with van der Waals surface area (Å²) in [4.78, 5) is 5.13. The molecule has 0 N–H and O–H groups in total. The molecule has 0 saturated carbocycles. The van der Waals surface area contributed by atoms with Crippen LogP contribution in [0.4, 0.5) is 0 Å². The summed E-state index contributed by atoms with van der Waals surface area (Å²) in [5.41, 5.74) is 14.6. The summed E-state index contributed by atoms with van der Waals surface area (Å²) in [6, 6.07) is 19.3. The molecule has 1 fully saturated rings. The van der Waals surface area contributed by atoms with Crippen LogP contribution in [0.1, 0.15) is 97.0 Å². The van der Waals surface area contributed by atoms with Gasteiger partial charge in [-0.1, -0.05) is 68.8 Å². The van der Waals surface area contributed by atoms with Crippen molar-refractivity contribution in [3.8, 4) is 11.1 Å². The molecule has 4 rings (SSSR count). The van der Waals surface area contributed by atoms with Crippen LogP contribution in [-0.4, -0.2) is 36.5 Å². The standard InChI is InChI=1S/C37H52N2/c1-8-10-21-38(7)30(6)37-24-27(3)33(25-31(37)9-2)20-19-32-15-13-17-35(28(32)4)36-18-14-16-34(29(36)5)26-39-22-11-12-23-39/h13-18,24-25,30H,8-12,19-23,26H2,1-7H3. The second-order valence-corrected chi connectivity index (χ2v) is 12.0. The maximum Gasteiger partial charge on any atom is 0.0319 e. The molecule has 1 atom stereocenters. The lowest BCUT2D eigenvalue weighted by molar-refractivity contribution is 0.256. The smallest absolute Gasteiger partial charge is 0.0319 e. The fourth-order valence-corrected chi connectivity index (χ4v) is 6.47. The minimum Gasteiger partial charge on any atom is -0.300 e. The van der Waals surface area contributed by atoms with Gasteiger partial charge in [-0.3, -0.25) is 9.80 Å². The third kappa shape index (κ3) is 7.02. The van der Waals surface area contributed by atoms with E-state index in [-0.39, 0.29) is 0 Å². The van der Waals surface area contributed by atoms with Crippen LogP contribution >= 0.6 is 0 Å². The number of aryl methyl sites for hydroxylation is 4. The minimum atomic E-state index is 0.461. The zero-order chi connectivity index (χ0) is 27.9. The van der Waals surface area contributed by atoms with E-state index in [9.17, 15) is 0 Å². The second kappa shape index (κ2) is 13.8. The fourth-order valence-electron chi connectivity index (χ4n) is 6.47. The average Bonchev–Trinajstić information content (AvgIpc) is 3.45. The lowest BCUT2D eigenvalue weighted by Gasteiger charge is -2.28. The lowest BCUT2D eigenvalue weighted by atomic mass is 9.88. The number of unbranched alkanes of at least 4 members (excludes halogenated alkanes) is 1. The monoisotopic (exact) mass is 524 g/mol. The Morgan fingerprint density at radius 3 is 2.05 bits per heavy atom. The van der Waals surface area contributed by atoms with Crippen molar-refractivity contribution in [1.82, 2.24) is 9.80 Å². The molecule has 1 aliphatic heterocycles. The maximum atomic E-state index is 2.61. The number of hydrogen-bond acceptors (Lipinski definition) is 2. The zero-order valence-electron chi connectivity index (χ0n) is 25.9. The summed E-state index contributed by atoms with van der Waals surface area (Å²) in [6.45, 7) is 18.7. The zero-order valence-corrected chi connectivity index (χ0v) is 25.9. The fraction of sp³-hybridized carbons (Fsp3) is 0.514. The highest BCUT2D eigenvalue weighted by Gasteiger charge is 2.18. The van der Waals surface area contributed by atoms with Crippen LogP contribution < -0.4 is 0 Å². The molecule has 1 aliphatic rings. The van der Waals surface area contributed by atoms with Gasteiger partial charge in [0.25, 0.3) is 0 Å². The predicted octanol–water partition coefficient (Wildman–Crippen LogP) is 9.02. The first-order valence-corrected chi connectivity index (χ1v) is 15.6. The van der Waals surface area contributed by atoms with Crippen LogP contribution in [0.3, 0.4) is 0 Å². The highest BCUT2D eigenvalue weighted by molar-refractivity contribution is 5.72. The highest BCUT2D eigenvalue weighted by Crippen LogP contribution is 2.32. The van der Waals surface area contributed by atoms with Crippen LogP contribution in [-0.2, 0) is 25.8 Å². The Labute approximate surface area is 239 Å². The number of benzene rings is 3. The topological polar surface area (TPSA) is 6.48 Å². The molecule has 1 heterocycles. The molecule has 1 unspecified atom stereocenters. The van der Waals surface area contributed by atoms with Gasteiger partial charge in [0.2, 0.25) is 0 Å². The third-order valence-electron chi connectivity index (χ3n) is 9.39. The van der Waals surface area contributed by atoms with Crippen molar-refractivity contribution in [3.63, 3.8) is 0 Å². The summed E-state index contributed by atoms with van der Waals surface area (Å²) in [5.74, 6) is 0. The Kier molecular flexibility index (Phi) is 10.4. The van der Waals surface area contributed by atoms with E-state index >= 15 is 0 Å². The van der Waals surface area contributed by atoms with Gasteiger partial charge in [0.05, 0.1) is 0 Å². The molecule has 2 nitrogen and oxygen atoms in total. The molecular weight excluding hydrogens is 472 g/mol. The van der Waals surface area contributed by atoms with Gasteiger partial charge in [0, 0.05) is 12.6 Å². The molecule has 2 heteroatoms. The van der Waals surface area contributed by atoms with Crippen LogP contribution in [0.25, 0.3) is 11.1 Å². The van der Waals surface area contributed by atoms with E-state index in [4.69, 9.17) is 0 Å². The van der Waals surface area contributed by atoms with E-state index in [1.807, 2.05) is 0 Å². The molecule has 3 aromatic carbocycles. The van der Waals surface area contributed by atoms with Crippen molar-refractivity contribution >= 4 is 0 Å². The summed E-state index contributed by atoms with van der Waals surface area (Å²) in [5, 5.41) is 0. The van der Waals surface area contributed by atoms with Gasteiger partial charge < -0.3 is 0 Å². The largest absolute Gasteiger partial charge is 0.300 e. The average molecular weight is 525 g/mol. The van der Waals surface area contributed by atoms with Crippen molar-refractivity contribution < 1.29 is 0 Å². The van der Waals surface area contributed by atoms with E-state index in [0.29, 0.717) is 6.04 Å². The Morgan fingerprint density at radius 2 is 1.41 bits per heavy atom. The molecule has 39 heavy (non-hydrogen) atoms. The van der Waals surface area contributed by atoms with E-state index in [2.05, 4.69) is 107 Å². The van der Waals surface area contributed by atoms with Gasteiger partial charge in [0.15, 0.2) is 0 Å². The van der Waals surface area contributed by atoms with Gasteiger partial charge in [0.1, 0.15) is 0 Å². The van der Waals surface area contributed by atoms with Crippen LogP contribution in [0.15, 0.2) is 48.5 Å². The van der Waals surface area contributed by atoms with Gasteiger partial charge in [-0.15, -0.1) is 0 Å². The van der Waals surface area contributed by atoms with Crippen LogP contribution in [0.2, 0.25) is 0 Å². The first-order chi connectivity index (χ1) is 18.8. The quantitative estimate of drug-likeness (QED) is 0.233. The molecule has 0 bridgehead atoms. The van der Waals surface area contributed by atoms with E-state index < -0.39 is 0 Å². The van der Waals surface area contributed by atoms with Gasteiger partial charge in [-0.05, 0) is 149 Å². The summed E-state index contributed by atoms with van der Waals surface area (Å²) in [6.07, 6.45) is 8.47. The SMILES string of the molecule is CCCCN(C)C(C)c1cc(C)c(CCc2cccc(-c3cccc(CN4CCCC4)c3C)c2C)cc1CC. The number of hydrogen-bond donors (Lipinski definition) is 0. The van der Waals surface area contributed by atoms with Crippen molar-refractivity contribution in [1.29, 1.82) is 0 Å². The molecule has 0 amide bonds. The van der Waals surface area contributed by atoms with Crippen molar-refractivity contribution in [2.24, 2.45) is 0 Å². The third-order valence-corrected chi connectivity index (χ3v) is 9.39. The highest BCUT2D eigenvalue weighted by atomic mass is 15.1. The van der Waals surface area contributed by atoms with Crippen molar-refractivity contribution in [2.75, 3.05) is 26.7 Å². The van der Waals surface area contributed by atoms with Crippen LogP contribution in [0.5, 0.6) is 0 Å². The summed E-state index contributed by atoms with van der Waals surface area (Å²) < 4.78 is 0. The first kappa shape index (κ1) is 29.6. The first-order valence-electron chi connectivity index (χ1n) is 15.6. The summed E-state index contributed by atoms with van der Waals surface area (Å²) in [7, 11) is 2.28. The minimum absolute atomic E-state index is 0.461. The molecule has 0 radical (unpaired) electrons. The lowest BCUT2D eigenvalue weighted by Crippen LogP contribution is -2.24. The Morgan fingerprint density at radius 1 is 0.795 bits per heavy atom. The van der Waals surface area contributed by atoms with Gasteiger partial charge >= 0.3 is 0 Å². The molecule has 1 saturated heterocycles. The normalized spacial score (nSPS) is 14.9. The second-order valence-electron chi connectivity index (χ2n) is 12.0. The molecule has 0 aromatic heterocycles. The van der Waals surface area contributed by atoms with Crippen molar-refractivity contribution in [2.45, 2.75) is 99.1 Å². The molecule has 3 aromatic rings. The Hall–Kier alpha value is -2.42. The van der Waals surface area contributed by atoms with Gasteiger partial charge in [-0.2, -0.15) is 0 Å². The number of rotatable bonds is 12. The number of nitrogens with zero attached hydrogens (tertiary/aromatic N) is 2. The van der Waals surface area contributed by atoms with Crippen LogP contribution in [0, 0.1) is 20.8 Å². The van der Waals surface area contributed by atoms with E-state index in [1.54, 1.807) is 0 Å². The molecule has 0 spiro atoms. The van der Waals surface area contributed by atoms with E-state index in [0.717, 1.165) is 32.4 Å². The van der Waals surface area contributed by atoms with Crippen molar-refractivity contribution in [3.05, 3.63) is 93.0 Å². The molecule has 210 valence electrons. The maximum absolute atomic E-state index is 2.61. The molecular formula is C37H52N2. The molecule has 0 aliphatic carbocycles. The predicted molar refractivity (Wildman–Crippen MR) is 170 cm³/mol. The number of likely N-dealkylation sites (tertiary alicyclic amines) is 1. The van der Waals surface area contributed by atoms with E-state index in [1.165, 1.54) is 94.4 Å².